The Hall–Kier alpha value is -0.500. The maximum atomic E-state index is 6.20. The monoisotopic (exact) mass is 273 g/mol. The Morgan fingerprint density at radius 3 is 2.25 bits per heavy atom. The van der Waals surface area contributed by atoms with Crippen molar-refractivity contribution in [2.75, 3.05) is 0 Å². The molecule has 0 radical (unpaired) electrons. The van der Waals surface area contributed by atoms with E-state index in [-0.39, 0.29) is 0 Å². The third-order valence-electron chi connectivity index (χ3n) is 2.39. The molecule has 0 bridgehead atoms. The second-order valence-corrected chi connectivity index (χ2v) is 5.22. The number of benzene rings is 1. The Morgan fingerprint density at radius 1 is 1.00 bits per heavy atom. The van der Waals surface area contributed by atoms with Crippen LogP contribution in [-0.2, 0) is 0 Å². The summed E-state index contributed by atoms with van der Waals surface area (Å²) in [6, 6.07) is 5.31. The van der Waals surface area contributed by atoms with Crippen molar-refractivity contribution >= 4 is 45.7 Å². The Bertz CT molecular complexity index is 549. The quantitative estimate of drug-likeness (QED) is 0.686. The summed E-state index contributed by atoms with van der Waals surface area (Å²) in [6.07, 6.45) is 0. The summed E-state index contributed by atoms with van der Waals surface area (Å²) in [4.78, 5) is 4.50. The molecular weight excluding hydrogens is 264 g/mol. The fraction of sp³-hybridized carbons (Fsp3) is 0.250. The van der Waals surface area contributed by atoms with Gasteiger partial charge in [0.2, 0.25) is 0 Å². The Morgan fingerprint density at radius 2 is 1.62 bits per heavy atom. The van der Waals surface area contributed by atoms with Crippen LogP contribution in [0.3, 0.4) is 0 Å². The highest BCUT2D eigenvalue weighted by molar-refractivity contribution is 6.43. The largest absolute Gasteiger partial charge is 0.252 e. The molecule has 1 aromatic carbocycles. The molecule has 0 unspecified atom stereocenters. The molecule has 16 heavy (non-hydrogen) atoms. The van der Waals surface area contributed by atoms with Gasteiger partial charge in [-0.2, -0.15) is 0 Å². The second-order valence-electron chi connectivity index (χ2n) is 3.97. The lowest BCUT2D eigenvalue weighted by atomic mass is 10.1. The van der Waals surface area contributed by atoms with Gasteiger partial charge in [-0.05, 0) is 24.1 Å². The summed E-state index contributed by atoms with van der Waals surface area (Å²) in [5.74, 6) is 0.319. The van der Waals surface area contributed by atoms with Crippen molar-refractivity contribution < 1.29 is 0 Å². The van der Waals surface area contributed by atoms with Crippen LogP contribution in [0, 0.1) is 0 Å². The summed E-state index contributed by atoms with van der Waals surface area (Å²) >= 11 is 18.2. The van der Waals surface area contributed by atoms with E-state index in [0.717, 1.165) is 16.6 Å². The number of hydrogen-bond donors (Lipinski definition) is 0. The highest BCUT2D eigenvalue weighted by Gasteiger charge is 2.10. The first-order chi connectivity index (χ1) is 7.49. The van der Waals surface area contributed by atoms with Gasteiger partial charge in [0.25, 0.3) is 0 Å². The van der Waals surface area contributed by atoms with E-state index in [1.807, 2.05) is 6.07 Å². The number of aromatic nitrogens is 1. The molecule has 2 aromatic rings. The van der Waals surface area contributed by atoms with Gasteiger partial charge in [-0.15, -0.1) is 0 Å². The topological polar surface area (TPSA) is 12.9 Å². The summed E-state index contributed by atoms with van der Waals surface area (Å²) in [5.41, 5.74) is 1.68. The average molecular weight is 275 g/mol. The number of rotatable bonds is 1. The molecule has 0 spiro atoms. The lowest BCUT2D eigenvalue weighted by molar-refractivity contribution is 0.830. The van der Waals surface area contributed by atoms with Gasteiger partial charge in [0.05, 0.1) is 15.6 Å². The zero-order valence-corrected chi connectivity index (χ0v) is 11.2. The van der Waals surface area contributed by atoms with E-state index in [0.29, 0.717) is 21.0 Å². The van der Waals surface area contributed by atoms with Crippen LogP contribution in [0.1, 0.15) is 25.5 Å². The van der Waals surface area contributed by atoms with E-state index in [1.54, 1.807) is 12.1 Å². The molecule has 0 saturated heterocycles. The predicted octanol–water partition coefficient (Wildman–Crippen LogP) is 5.32. The van der Waals surface area contributed by atoms with Crippen LogP contribution in [0.4, 0.5) is 0 Å². The van der Waals surface area contributed by atoms with Crippen LogP contribution < -0.4 is 0 Å². The SMILES string of the molecule is CC(C)c1cc(Cl)c2c(Cl)cc(Cl)cc2n1. The fourth-order valence-electron chi connectivity index (χ4n) is 1.55. The molecule has 1 nitrogen and oxygen atoms in total. The molecular formula is C12H10Cl3N. The lowest BCUT2D eigenvalue weighted by Gasteiger charge is -2.09. The molecule has 1 aromatic heterocycles. The van der Waals surface area contributed by atoms with Gasteiger partial charge in [-0.25, -0.2) is 0 Å². The highest BCUT2D eigenvalue weighted by Crippen LogP contribution is 2.33. The Labute approximate surface area is 109 Å². The molecule has 84 valence electrons. The molecule has 0 N–H and O–H groups in total. The summed E-state index contributed by atoms with van der Waals surface area (Å²) < 4.78 is 0. The minimum absolute atomic E-state index is 0.319. The van der Waals surface area contributed by atoms with Crippen LogP contribution in [0.5, 0.6) is 0 Å². The first-order valence-electron chi connectivity index (χ1n) is 4.94. The second kappa shape index (κ2) is 4.40. The van der Waals surface area contributed by atoms with Crippen molar-refractivity contribution in [1.29, 1.82) is 0 Å². The van der Waals surface area contributed by atoms with E-state index in [4.69, 9.17) is 34.8 Å². The molecule has 4 heteroatoms. The van der Waals surface area contributed by atoms with Crippen LogP contribution >= 0.6 is 34.8 Å². The Kier molecular flexibility index (Phi) is 3.29. The zero-order valence-electron chi connectivity index (χ0n) is 8.89. The van der Waals surface area contributed by atoms with Gasteiger partial charge < -0.3 is 0 Å². The standard InChI is InChI=1S/C12H10Cl3N/c1-6(2)10-5-9(15)12-8(14)3-7(13)4-11(12)16-10/h3-6H,1-2H3. The third kappa shape index (κ3) is 2.13. The number of pyridine rings is 1. The van der Waals surface area contributed by atoms with Gasteiger partial charge in [0, 0.05) is 16.1 Å². The zero-order chi connectivity index (χ0) is 11.9. The van der Waals surface area contributed by atoms with E-state index < -0.39 is 0 Å². The van der Waals surface area contributed by atoms with Crippen molar-refractivity contribution in [2.24, 2.45) is 0 Å². The summed E-state index contributed by atoms with van der Waals surface area (Å²) in [6.45, 7) is 4.13. The minimum atomic E-state index is 0.319. The maximum Gasteiger partial charge on any atom is 0.0750 e. The van der Waals surface area contributed by atoms with Crippen molar-refractivity contribution in [3.8, 4) is 0 Å². The fourth-order valence-corrected chi connectivity index (χ4v) is 2.50. The lowest BCUT2D eigenvalue weighted by Crippen LogP contribution is -1.94. The molecule has 2 rings (SSSR count). The first-order valence-corrected chi connectivity index (χ1v) is 6.07. The number of halogens is 3. The van der Waals surface area contributed by atoms with Crippen molar-refractivity contribution in [3.63, 3.8) is 0 Å². The van der Waals surface area contributed by atoms with Crippen LogP contribution in [0.15, 0.2) is 18.2 Å². The maximum absolute atomic E-state index is 6.20. The predicted molar refractivity (Wildman–Crippen MR) is 70.9 cm³/mol. The Balaban J connectivity index is 2.81. The average Bonchev–Trinajstić information content (AvgIpc) is 2.15. The molecule has 0 saturated carbocycles. The van der Waals surface area contributed by atoms with E-state index in [2.05, 4.69) is 18.8 Å². The van der Waals surface area contributed by atoms with E-state index in [9.17, 15) is 0 Å². The van der Waals surface area contributed by atoms with Crippen molar-refractivity contribution in [2.45, 2.75) is 19.8 Å². The molecule has 0 aliphatic rings. The van der Waals surface area contributed by atoms with E-state index in [1.165, 1.54) is 0 Å². The summed E-state index contributed by atoms with van der Waals surface area (Å²) in [5, 5.41) is 2.49. The van der Waals surface area contributed by atoms with Crippen molar-refractivity contribution in [3.05, 3.63) is 39.0 Å². The van der Waals surface area contributed by atoms with Gasteiger partial charge in [0.15, 0.2) is 0 Å². The molecule has 0 aliphatic carbocycles. The molecule has 0 fully saturated rings. The van der Waals surface area contributed by atoms with Crippen LogP contribution in [0.25, 0.3) is 10.9 Å². The smallest absolute Gasteiger partial charge is 0.0750 e. The number of hydrogen-bond acceptors (Lipinski definition) is 1. The minimum Gasteiger partial charge on any atom is -0.252 e. The molecule has 1 heterocycles. The van der Waals surface area contributed by atoms with Crippen LogP contribution in [0.2, 0.25) is 15.1 Å². The third-order valence-corrected chi connectivity index (χ3v) is 3.20. The van der Waals surface area contributed by atoms with Gasteiger partial charge in [-0.3, -0.25) is 4.98 Å². The normalized spacial score (nSPS) is 11.4. The van der Waals surface area contributed by atoms with E-state index >= 15 is 0 Å². The molecule has 0 atom stereocenters. The van der Waals surface area contributed by atoms with Gasteiger partial charge in [-0.1, -0.05) is 48.7 Å². The first kappa shape index (κ1) is 12.0. The number of fused-ring (bicyclic) bond motifs is 1. The van der Waals surface area contributed by atoms with Crippen LogP contribution in [-0.4, -0.2) is 4.98 Å². The molecule has 0 aliphatic heterocycles. The molecule has 0 amide bonds. The van der Waals surface area contributed by atoms with Gasteiger partial charge >= 0.3 is 0 Å². The number of nitrogens with zero attached hydrogens (tertiary/aromatic N) is 1. The highest BCUT2D eigenvalue weighted by atomic mass is 35.5. The van der Waals surface area contributed by atoms with Gasteiger partial charge in [0.1, 0.15) is 0 Å². The van der Waals surface area contributed by atoms with Crippen molar-refractivity contribution in [1.82, 2.24) is 4.98 Å². The summed E-state index contributed by atoms with van der Waals surface area (Å²) in [7, 11) is 0.